The van der Waals surface area contributed by atoms with Crippen molar-refractivity contribution in [1.82, 2.24) is 20.0 Å². The number of ether oxygens (including phenoxy) is 1. The minimum absolute atomic E-state index is 0.279. The maximum Gasteiger partial charge on any atom is 0.236 e. The SMILES string of the molecule is COc1ccc(CN2CCN(C(=O)CN3CCNCC3)CC2)cc1. The second-order valence-corrected chi connectivity index (χ2v) is 6.53. The van der Waals surface area contributed by atoms with E-state index in [1.54, 1.807) is 7.11 Å². The quantitative estimate of drug-likeness (QED) is 0.837. The highest BCUT2D eigenvalue weighted by Gasteiger charge is 2.23. The average molecular weight is 332 g/mol. The highest BCUT2D eigenvalue weighted by molar-refractivity contribution is 5.78. The summed E-state index contributed by atoms with van der Waals surface area (Å²) in [6.45, 7) is 8.99. The molecule has 2 fully saturated rings. The van der Waals surface area contributed by atoms with Crippen LogP contribution in [0.15, 0.2) is 24.3 Å². The maximum absolute atomic E-state index is 12.4. The standard InChI is InChI=1S/C18H28N4O2/c1-24-17-4-2-16(3-5-17)14-21-10-12-22(13-11-21)18(23)15-20-8-6-19-7-9-20/h2-5,19H,6-15H2,1H3. The number of benzene rings is 1. The second kappa shape index (κ2) is 8.46. The fraction of sp³-hybridized carbons (Fsp3) is 0.611. The van der Waals surface area contributed by atoms with Gasteiger partial charge in [-0.25, -0.2) is 0 Å². The second-order valence-electron chi connectivity index (χ2n) is 6.53. The number of piperazine rings is 2. The number of carbonyl (C=O) groups excluding carboxylic acids is 1. The molecule has 1 aromatic rings. The van der Waals surface area contributed by atoms with Crippen LogP contribution in [0.2, 0.25) is 0 Å². The van der Waals surface area contributed by atoms with Crippen LogP contribution in [0.25, 0.3) is 0 Å². The highest BCUT2D eigenvalue weighted by atomic mass is 16.5. The monoisotopic (exact) mass is 332 g/mol. The summed E-state index contributed by atoms with van der Waals surface area (Å²) in [5.41, 5.74) is 1.29. The van der Waals surface area contributed by atoms with Crippen LogP contribution in [0.1, 0.15) is 5.56 Å². The molecule has 0 bridgehead atoms. The summed E-state index contributed by atoms with van der Waals surface area (Å²) in [6.07, 6.45) is 0. The average Bonchev–Trinajstić information content (AvgIpc) is 2.64. The van der Waals surface area contributed by atoms with E-state index >= 15 is 0 Å². The van der Waals surface area contributed by atoms with Crippen molar-refractivity contribution in [1.29, 1.82) is 0 Å². The molecular formula is C18H28N4O2. The van der Waals surface area contributed by atoms with Crippen molar-refractivity contribution < 1.29 is 9.53 Å². The maximum atomic E-state index is 12.4. The molecule has 0 aromatic heterocycles. The number of hydrogen-bond acceptors (Lipinski definition) is 5. The molecule has 0 aliphatic carbocycles. The van der Waals surface area contributed by atoms with Crippen LogP contribution in [0.4, 0.5) is 0 Å². The third-order valence-corrected chi connectivity index (χ3v) is 4.86. The Kier molecular flexibility index (Phi) is 6.07. The van der Waals surface area contributed by atoms with E-state index in [9.17, 15) is 4.79 Å². The third-order valence-electron chi connectivity index (χ3n) is 4.86. The Morgan fingerprint density at radius 3 is 2.29 bits per heavy atom. The molecule has 0 radical (unpaired) electrons. The Morgan fingerprint density at radius 2 is 1.67 bits per heavy atom. The van der Waals surface area contributed by atoms with Gasteiger partial charge in [0, 0.05) is 58.9 Å². The fourth-order valence-corrected chi connectivity index (χ4v) is 3.31. The first-order chi connectivity index (χ1) is 11.7. The number of hydrogen-bond donors (Lipinski definition) is 1. The van der Waals surface area contributed by atoms with E-state index in [-0.39, 0.29) is 5.91 Å². The molecule has 0 spiro atoms. The minimum Gasteiger partial charge on any atom is -0.497 e. The number of carbonyl (C=O) groups is 1. The molecular weight excluding hydrogens is 304 g/mol. The first-order valence-corrected chi connectivity index (χ1v) is 8.81. The smallest absolute Gasteiger partial charge is 0.236 e. The molecule has 2 saturated heterocycles. The topological polar surface area (TPSA) is 48.1 Å². The molecule has 2 aliphatic rings. The Labute approximate surface area is 144 Å². The summed E-state index contributed by atoms with van der Waals surface area (Å²) >= 11 is 0. The molecule has 24 heavy (non-hydrogen) atoms. The Morgan fingerprint density at radius 1 is 1.00 bits per heavy atom. The van der Waals surface area contributed by atoms with Crippen molar-refractivity contribution >= 4 is 5.91 Å². The lowest BCUT2D eigenvalue weighted by atomic mass is 10.2. The summed E-state index contributed by atoms with van der Waals surface area (Å²) in [7, 11) is 1.69. The molecule has 0 atom stereocenters. The van der Waals surface area contributed by atoms with Gasteiger partial charge in [-0.05, 0) is 17.7 Å². The van der Waals surface area contributed by atoms with Gasteiger partial charge >= 0.3 is 0 Å². The molecule has 6 nitrogen and oxygen atoms in total. The van der Waals surface area contributed by atoms with Crippen LogP contribution >= 0.6 is 0 Å². The van der Waals surface area contributed by atoms with Crippen molar-refractivity contribution in [2.75, 3.05) is 66.0 Å². The summed E-state index contributed by atoms with van der Waals surface area (Å²) < 4.78 is 5.20. The van der Waals surface area contributed by atoms with E-state index in [1.165, 1.54) is 5.56 Å². The van der Waals surface area contributed by atoms with Crippen molar-refractivity contribution in [3.05, 3.63) is 29.8 Å². The molecule has 0 unspecified atom stereocenters. The van der Waals surface area contributed by atoms with Gasteiger partial charge < -0.3 is 15.0 Å². The molecule has 2 aliphatic heterocycles. The minimum atomic E-state index is 0.279. The van der Waals surface area contributed by atoms with Gasteiger partial charge in [0.1, 0.15) is 5.75 Å². The summed E-state index contributed by atoms with van der Waals surface area (Å²) in [6, 6.07) is 8.23. The van der Waals surface area contributed by atoms with Crippen molar-refractivity contribution in [3.63, 3.8) is 0 Å². The summed E-state index contributed by atoms with van der Waals surface area (Å²) in [5.74, 6) is 1.17. The largest absolute Gasteiger partial charge is 0.497 e. The number of rotatable bonds is 5. The molecule has 0 saturated carbocycles. The third kappa shape index (κ3) is 4.69. The predicted octanol–water partition coefficient (Wildman–Crippen LogP) is 0.245. The van der Waals surface area contributed by atoms with Gasteiger partial charge in [-0.15, -0.1) is 0 Å². The van der Waals surface area contributed by atoms with Gasteiger partial charge in [0.2, 0.25) is 5.91 Å². The predicted molar refractivity (Wildman–Crippen MR) is 94.2 cm³/mol. The molecule has 1 amide bonds. The molecule has 132 valence electrons. The van der Waals surface area contributed by atoms with Gasteiger partial charge in [-0.2, -0.15) is 0 Å². The normalized spacial score (nSPS) is 20.1. The molecule has 6 heteroatoms. The first kappa shape index (κ1) is 17.2. The highest BCUT2D eigenvalue weighted by Crippen LogP contribution is 2.14. The fourth-order valence-electron chi connectivity index (χ4n) is 3.31. The number of methoxy groups -OCH3 is 1. The Hall–Kier alpha value is -1.63. The number of nitrogens with zero attached hydrogens (tertiary/aromatic N) is 3. The number of amides is 1. The lowest BCUT2D eigenvalue weighted by Crippen LogP contribution is -2.53. The van der Waals surface area contributed by atoms with Crippen LogP contribution in [-0.2, 0) is 11.3 Å². The van der Waals surface area contributed by atoms with Crippen LogP contribution < -0.4 is 10.1 Å². The van der Waals surface area contributed by atoms with Gasteiger partial charge in [0.05, 0.1) is 13.7 Å². The number of nitrogens with one attached hydrogen (secondary N) is 1. The van der Waals surface area contributed by atoms with E-state index in [2.05, 4.69) is 27.2 Å². The van der Waals surface area contributed by atoms with Crippen LogP contribution in [-0.4, -0.2) is 86.6 Å². The lowest BCUT2D eigenvalue weighted by molar-refractivity contribution is -0.134. The van der Waals surface area contributed by atoms with Crippen molar-refractivity contribution in [2.45, 2.75) is 6.54 Å². The van der Waals surface area contributed by atoms with E-state index in [0.29, 0.717) is 6.54 Å². The Balaban J connectivity index is 1.42. The molecule has 1 aromatic carbocycles. The van der Waals surface area contributed by atoms with E-state index in [0.717, 1.165) is 64.7 Å². The molecule has 3 rings (SSSR count). The Bertz CT molecular complexity index is 520. The van der Waals surface area contributed by atoms with Crippen molar-refractivity contribution in [2.24, 2.45) is 0 Å². The zero-order valence-corrected chi connectivity index (χ0v) is 14.5. The van der Waals surface area contributed by atoms with Crippen LogP contribution in [0.3, 0.4) is 0 Å². The van der Waals surface area contributed by atoms with E-state index < -0.39 is 0 Å². The van der Waals surface area contributed by atoms with Crippen LogP contribution in [0, 0.1) is 0 Å². The van der Waals surface area contributed by atoms with E-state index in [4.69, 9.17) is 4.74 Å². The van der Waals surface area contributed by atoms with Crippen molar-refractivity contribution in [3.8, 4) is 5.75 Å². The first-order valence-electron chi connectivity index (χ1n) is 8.81. The summed E-state index contributed by atoms with van der Waals surface area (Å²) in [4.78, 5) is 19.1. The van der Waals surface area contributed by atoms with Gasteiger partial charge in [-0.1, -0.05) is 12.1 Å². The zero-order chi connectivity index (χ0) is 16.8. The van der Waals surface area contributed by atoms with Crippen LogP contribution in [0.5, 0.6) is 5.75 Å². The summed E-state index contributed by atoms with van der Waals surface area (Å²) in [5, 5.41) is 3.32. The molecule has 2 heterocycles. The van der Waals surface area contributed by atoms with Gasteiger partial charge in [0.25, 0.3) is 0 Å². The van der Waals surface area contributed by atoms with Gasteiger partial charge in [-0.3, -0.25) is 14.6 Å². The molecule has 1 N–H and O–H groups in total. The van der Waals surface area contributed by atoms with Gasteiger partial charge in [0.15, 0.2) is 0 Å². The van der Waals surface area contributed by atoms with E-state index in [1.807, 2.05) is 17.0 Å². The zero-order valence-electron chi connectivity index (χ0n) is 14.5. The lowest BCUT2D eigenvalue weighted by Gasteiger charge is -2.36.